The van der Waals surface area contributed by atoms with Gasteiger partial charge in [-0.25, -0.2) is 9.59 Å². The Morgan fingerprint density at radius 1 is 1.25 bits per heavy atom. The minimum Gasteiger partial charge on any atom is -0.478 e. The summed E-state index contributed by atoms with van der Waals surface area (Å²) in [6.07, 6.45) is -3.80. The number of aliphatic hydroxyl groups excluding tert-OH is 2. The first-order chi connectivity index (χ1) is 9.40. The van der Waals surface area contributed by atoms with Crippen LogP contribution in [-0.4, -0.2) is 65.1 Å². The molecular weight excluding hydrogens is 272 g/mol. The molecule has 0 radical (unpaired) electrons. The number of hydrogen-bond acceptors (Lipinski definition) is 7. The molecule has 0 bridgehead atoms. The maximum atomic E-state index is 11.4. The van der Waals surface area contributed by atoms with E-state index in [0.29, 0.717) is 18.6 Å². The fourth-order valence-corrected chi connectivity index (χ4v) is 1.87. The molecule has 0 aromatic rings. The molecule has 0 amide bonds. The van der Waals surface area contributed by atoms with Gasteiger partial charge in [-0.1, -0.05) is 6.92 Å². The smallest absolute Gasteiger partial charge is 0.331 e. The Morgan fingerprint density at radius 2 is 1.90 bits per heavy atom. The number of rotatable bonds is 5. The number of ether oxygens (including phenoxy) is 3. The summed E-state index contributed by atoms with van der Waals surface area (Å²) in [7, 11) is 1.30. The first-order valence-corrected chi connectivity index (χ1v) is 6.06. The molecule has 114 valence electrons. The van der Waals surface area contributed by atoms with Gasteiger partial charge in [0.15, 0.2) is 12.4 Å². The van der Waals surface area contributed by atoms with Gasteiger partial charge in [0.05, 0.1) is 6.10 Å². The van der Waals surface area contributed by atoms with E-state index in [-0.39, 0.29) is 0 Å². The third kappa shape index (κ3) is 4.01. The zero-order valence-electron chi connectivity index (χ0n) is 11.1. The Labute approximate surface area is 115 Å². The third-order valence-electron chi connectivity index (χ3n) is 2.89. The standard InChI is InChI=1S/C12H18O8/c1-3-6-9(16)10(17)11(12(18-2)19-6)20-8(15)5-4-7(13)14/h4-6,9-12,16-17H,3H2,1-2H3,(H,13,14)/b5-4-/t6?,9-,10-,11?,12+/m1/s1. The van der Waals surface area contributed by atoms with Crippen molar-refractivity contribution in [1.29, 1.82) is 0 Å². The van der Waals surface area contributed by atoms with Crippen LogP contribution in [-0.2, 0) is 23.8 Å². The van der Waals surface area contributed by atoms with Crippen molar-refractivity contribution in [2.45, 2.75) is 44.1 Å². The van der Waals surface area contributed by atoms with Crippen molar-refractivity contribution in [2.75, 3.05) is 7.11 Å². The number of carbonyl (C=O) groups excluding carboxylic acids is 1. The molecular formula is C12H18O8. The lowest BCUT2D eigenvalue weighted by Crippen LogP contribution is -2.59. The Hall–Kier alpha value is -1.48. The monoisotopic (exact) mass is 290 g/mol. The van der Waals surface area contributed by atoms with Gasteiger partial charge in [-0.15, -0.1) is 0 Å². The first kappa shape index (κ1) is 16.6. The van der Waals surface area contributed by atoms with Crippen molar-refractivity contribution < 1.29 is 39.1 Å². The van der Waals surface area contributed by atoms with E-state index in [2.05, 4.69) is 0 Å². The van der Waals surface area contributed by atoms with Gasteiger partial charge in [0.2, 0.25) is 0 Å². The fraction of sp³-hybridized carbons (Fsp3) is 0.667. The van der Waals surface area contributed by atoms with E-state index in [0.717, 1.165) is 0 Å². The second-order valence-electron chi connectivity index (χ2n) is 4.24. The summed E-state index contributed by atoms with van der Waals surface area (Å²) < 4.78 is 15.2. The van der Waals surface area contributed by atoms with Crippen LogP contribution in [0.5, 0.6) is 0 Å². The maximum absolute atomic E-state index is 11.4. The van der Waals surface area contributed by atoms with Crippen molar-refractivity contribution in [2.24, 2.45) is 0 Å². The zero-order valence-corrected chi connectivity index (χ0v) is 11.1. The van der Waals surface area contributed by atoms with Crippen LogP contribution in [0.15, 0.2) is 12.2 Å². The van der Waals surface area contributed by atoms with E-state index in [1.165, 1.54) is 7.11 Å². The number of carboxylic acids is 1. The minimum absolute atomic E-state index is 0.442. The topological polar surface area (TPSA) is 123 Å². The van der Waals surface area contributed by atoms with E-state index in [4.69, 9.17) is 19.3 Å². The number of methoxy groups -OCH3 is 1. The number of hydrogen-bond donors (Lipinski definition) is 3. The highest BCUT2D eigenvalue weighted by Crippen LogP contribution is 2.25. The number of aliphatic carboxylic acids is 1. The van der Waals surface area contributed by atoms with Crippen molar-refractivity contribution in [3.05, 3.63) is 12.2 Å². The summed E-state index contributed by atoms with van der Waals surface area (Å²) in [6, 6.07) is 0. The van der Waals surface area contributed by atoms with Crippen molar-refractivity contribution in [3.8, 4) is 0 Å². The molecule has 0 saturated carbocycles. The lowest BCUT2D eigenvalue weighted by atomic mass is 9.97. The van der Waals surface area contributed by atoms with Crippen LogP contribution in [0.4, 0.5) is 0 Å². The van der Waals surface area contributed by atoms with Crippen molar-refractivity contribution in [1.82, 2.24) is 0 Å². The third-order valence-corrected chi connectivity index (χ3v) is 2.89. The van der Waals surface area contributed by atoms with E-state index in [1.807, 2.05) is 0 Å². The van der Waals surface area contributed by atoms with Gasteiger partial charge in [-0.05, 0) is 6.42 Å². The molecule has 5 atom stereocenters. The Kier molecular flexibility index (Phi) is 6.08. The second kappa shape index (κ2) is 7.34. The van der Waals surface area contributed by atoms with Gasteiger partial charge in [-0.2, -0.15) is 0 Å². The van der Waals surface area contributed by atoms with Crippen LogP contribution in [0.1, 0.15) is 13.3 Å². The SMILES string of the molecule is CCC1O[C@H](OC)C(OC(=O)/C=C\C(=O)O)[C@H](O)[C@@H]1O. The van der Waals surface area contributed by atoms with E-state index in [1.54, 1.807) is 6.92 Å². The number of aliphatic hydroxyl groups is 2. The summed E-state index contributed by atoms with van der Waals surface area (Å²) >= 11 is 0. The van der Waals surface area contributed by atoms with Crippen LogP contribution in [0, 0.1) is 0 Å². The molecule has 20 heavy (non-hydrogen) atoms. The van der Waals surface area contributed by atoms with Crippen LogP contribution in [0.25, 0.3) is 0 Å². The van der Waals surface area contributed by atoms with Gasteiger partial charge in [-0.3, -0.25) is 0 Å². The molecule has 3 N–H and O–H groups in total. The van der Waals surface area contributed by atoms with Crippen LogP contribution in [0.2, 0.25) is 0 Å². The summed E-state index contributed by atoms with van der Waals surface area (Å²) in [4.78, 5) is 21.7. The van der Waals surface area contributed by atoms with Gasteiger partial charge in [0, 0.05) is 19.3 Å². The van der Waals surface area contributed by atoms with Crippen LogP contribution < -0.4 is 0 Å². The minimum atomic E-state index is -1.39. The molecule has 2 unspecified atom stereocenters. The fourth-order valence-electron chi connectivity index (χ4n) is 1.87. The summed E-state index contributed by atoms with van der Waals surface area (Å²) in [5.74, 6) is -2.29. The molecule has 8 heteroatoms. The quantitative estimate of drug-likeness (QED) is 0.437. The van der Waals surface area contributed by atoms with Crippen LogP contribution in [0.3, 0.4) is 0 Å². The predicted molar refractivity (Wildman–Crippen MR) is 64.6 cm³/mol. The molecule has 1 fully saturated rings. The van der Waals surface area contributed by atoms with Crippen molar-refractivity contribution >= 4 is 11.9 Å². The zero-order chi connectivity index (χ0) is 15.3. The molecule has 1 heterocycles. The van der Waals surface area contributed by atoms with E-state index < -0.39 is 42.6 Å². The van der Waals surface area contributed by atoms with Gasteiger partial charge < -0.3 is 29.5 Å². The normalized spacial score (nSPS) is 34.1. The molecule has 0 aliphatic carbocycles. The number of esters is 1. The first-order valence-electron chi connectivity index (χ1n) is 6.06. The number of carbonyl (C=O) groups is 2. The highest BCUT2D eigenvalue weighted by molar-refractivity contribution is 5.90. The predicted octanol–water partition coefficient (Wildman–Crippen LogP) is -0.958. The summed E-state index contributed by atoms with van der Waals surface area (Å²) in [6.45, 7) is 1.76. The molecule has 0 spiro atoms. The lowest BCUT2D eigenvalue weighted by molar-refractivity contribution is -0.293. The largest absolute Gasteiger partial charge is 0.478 e. The second-order valence-corrected chi connectivity index (χ2v) is 4.24. The Bertz CT molecular complexity index is 378. The molecule has 1 saturated heterocycles. The summed E-state index contributed by atoms with van der Waals surface area (Å²) in [5.41, 5.74) is 0. The molecule has 1 aliphatic rings. The summed E-state index contributed by atoms with van der Waals surface area (Å²) in [5, 5.41) is 28.2. The molecule has 8 nitrogen and oxygen atoms in total. The lowest BCUT2D eigenvalue weighted by Gasteiger charge is -2.41. The average Bonchev–Trinajstić information content (AvgIpc) is 2.42. The van der Waals surface area contributed by atoms with Gasteiger partial charge in [0.25, 0.3) is 0 Å². The molecule has 1 aliphatic heterocycles. The molecule has 0 aromatic carbocycles. The molecule has 1 rings (SSSR count). The molecule has 0 aromatic heterocycles. The van der Waals surface area contributed by atoms with Crippen LogP contribution >= 0.6 is 0 Å². The van der Waals surface area contributed by atoms with Gasteiger partial charge >= 0.3 is 11.9 Å². The highest BCUT2D eigenvalue weighted by atomic mass is 16.7. The number of carboxylic acid groups (broad SMARTS) is 1. The Balaban J connectivity index is 2.75. The average molecular weight is 290 g/mol. The highest BCUT2D eigenvalue weighted by Gasteiger charge is 2.46. The maximum Gasteiger partial charge on any atom is 0.331 e. The van der Waals surface area contributed by atoms with E-state index in [9.17, 15) is 19.8 Å². The van der Waals surface area contributed by atoms with Crippen molar-refractivity contribution in [3.63, 3.8) is 0 Å². The van der Waals surface area contributed by atoms with Gasteiger partial charge in [0.1, 0.15) is 12.2 Å². The Morgan fingerprint density at radius 3 is 2.40 bits per heavy atom. The van der Waals surface area contributed by atoms with E-state index >= 15 is 0 Å².